The quantitative estimate of drug-likeness (QED) is 0.845. The van der Waals surface area contributed by atoms with Crippen molar-refractivity contribution in [3.63, 3.8) is 0 Å². The van der Waals surface area contributed by atoms with Gasteiger partial charge in [-0.3, -0.25) is 4.79 Å². The Balaban J connectivity index is 2.26. The number of carbonyl (C=O) groups excluding carboxylic acids is 1. The van der Waals surface area contributed by atoms with Crippen LogP contribution in [-0.4, -0.2) is 12.8 Å². The summed E-state index contributed by atoms with van der Waals surface area (Å²) in [6.45, 7) is 0. The Hall–Kier alpha value is -2.42. The van der Waals surface area contributed by atoms with E-state index < -0.39 is 0 Å². The van der Waals surface area contributed by atoms with E-state index in [1.807, 2.05) is 30.3 Å². The molecule has 0 saturated heterocycles. The smallest absolute Gasteiger partial charge is 0.169 e. The van der Waals surface area contributed by atoms with E-state index in [1.165, 1.54) is 6.07 Å². The summed E-state index contributed by atoms with van der Waals surface area (Å²) in [6, 6.07) is 15.7. The number of hydrogen-bond donors (Lipinski definition) is 1. The normalized spacial score (nSPS) is 11.2. The van der Waals surface area contributed by atoms with E-state index in [0.717, 1.165) is 5.56 Å². The molecule has 2 aromatic carbocycles. The highest BCUT2D eigenvalue weighted by atomic mass is 19.1. The van der Waals surface area contributed by atoms with E-state index in [2.05, 4.69) is 5.32 Å². The predicted octanol–water partition coefficient (Wildman–Crippen LogP) is 3.20. The summed E-state index contributed by atoms with van der Waals surface area (Å²) in [5.74, 6) is -0.464. The lowest BCUT2D eigenvalue weighted by Crippen LogP contribution is -2.10. The highest BCUT2D eigenvalue weighted by molar-refractivity contribution is 6.21. The third-order valence-corrected chi connectivity index (χ3v) is 2.98. The molecule has 0 spiro atoms. The summed E-state index contributed by atoms with van der Waals surface area (Å²) < 4.78 is 13.6. The van der Waals surface area contributed by atoms with E-state index in [1.54, 1.807) is 31.4 Å². The van der Waals surface area contributed by atoms with Crippen molar-refractivity contribution < 1.29 is 9.18 Å². The summed E-state index contributed by atoms with van der Waals surface area (Å²) in [5, 5.41) is 2.87. The maximum atomic E-state index is 13.6. The first-order valence-electron chi connectivity index (χ1n) is 6.42. The van der Waals surface area contributed by atoms with Crippen LogP contribution in [0, 0.1) is 5.82 Å². The molecule has 0 radical (unpaired) electrons. The molecule has 20 heavy (non-hydrogen) atoms. The Labute approximate surface area is 118 Å². The summed E-state index contributed by atoms with van der Waals surface area (Å²) in [5.41, 5.74) is 1.79. The first kappa shape index (κ1) is 14.0. The van der Waals surface area contributed by atoms with Gasteiger partial charge < -0.3 is 5.32 Å². The van der Waals surface area contributed by atoms with Gasteiger partial charge in [-0.1, -0.05) is 48.5 Å². The minimum atomic E-state index is -0.349. The first-order chi connectivity index (χ1) is 9.72. The second-order valence-electron chi connectivity index (χ2n) is 4.40. The highest BCUT2D eigenvalue weighted by Gasteiger charge is 2.14. The topological polar surface area (TPSA) is 29.1 Å². The van der Waals surface area contributed by atoms with Crippen LogP contribution >= 0.6 is 0 Å². The van der Waals surface area contributed by atoms with Crippen LogP contribution in [0.3, 0.4) is 0 Å². The molecule has 0 saturated carbocycles. The van der Waals surface area contributed by atoms with Gasteiger partial charge in [0.1, 0.15) is 5.82 Å². The van der Waals surface area contributed by atoms with Crippen molar-refractivity contribution in [3.05, 3.63) is 77.7 Å². The number of nitrogens with one attached hydrogen (secondary N) is 1. The van der Waals surface area contributed by atoms with Crippen molar-refractivity contribution in [2.45, 2.75) is 6.42 Å². The number of carbonyl (C=O) groups is 1. The zero-order chi connectivity index (χ0) is 14.4. The molecular weight excluding hydrogens is 253 g/mol. The molecule has 0 aliphatic carbocycles. The van der Waals surface area contributed by atoms with Gasteiger partial charge in [0.05, 0.1) is 0 Å². The molecule has 0 heterocycles. The van der Waals surface area contributed by atoms with Gasteiger partial charge in [0.15, 0.2) is 5.78 Å². The van der Waals surface area contributed by atoms with Gasteiger partial charge in [0.2, 0.25) is 0 Å². The number of benzene rings is 2. The van der Waals surface area contributed by atoms with Crippen molar-refractivity contribution in [3.8, 4) is 0 Å². The fourth-order valence-electron chi connectivity index (χ4n) is 2.00. The second-order valence-corrected chi connectivity index (χ2v) is 4.40. The van der Waals surface area contributed by atoms with Crippen LogP contribution in [0.15, 0.2) is 60.8 Å². The summed E-state index contributed by atoms with van der Waals surface area (Å²) in [4.78, 5) is 12.4. The van der Waals surface area contributed by atoms with Gasteiger partial charge >= 0.3 is 0 Å². The first-order valence-corrected chi connectivity index (χ1v) is 6.42. The standard InChI is InChI=1S/C17H16FNO/c1-19-12-15(13-7-3-2-4-8-13)17(20)11-14-9-5-6-10-16(14)18/h2-10,12,19H,11H2,1H3. The van der Waals surface area contributed by atoms with E-state index in [9.17, 15) is 9.18 Å². The molecule has 2 rings (SSSR count). The van der Waals surface area contributed by atoms with Crippen LogP contribution < -0.4 is 5.32 Å². The molecule has 0 aliphatic rings. The third-order valence-electron chi connectivity index (χ3n) is 2.98. The third kappa shape index (κ3) is 3.32. The molecule has 0 aliphatic heterocycles. The molecule has 0 aromatic heterocycles. The monoisotopic (exact) mass is 269 g/mol. The highest BCUT2D eigenvalue weighted by Crippen LogP contribution is 2.18. The van der Waals surface area contributed by atoms with Crippen molar-refractivity contribution >= 4 is 11.4 Å². The van der Waals surface area contributed by atoms with Gasteiger partial charge in [-0.05, 0) is 17.2 Å². The number of hydrogen-bond acceptors (Lipinski definition) is 2. The number of Topliss-reactive ketones (excluding diaryl/α,β-unsaturated/α-hetero) is 1. The number of allylic oxidation sites excluding steroid dienone is 1. The largest absolute Gasteiger partial charge is 0.393 e. The zero-order valence-electron chi connectivity index (χ0n) is 11.3. The SMILES string of the molecule is CNC=C(C(=O)Cc1ccccc1F)c1ccccc1. The van der Waals surface area contributed by atoms with Crippen LogP contribution in [-0.2, 0) is 11.2 Å². The fraction of sp³-hybridized carbons (Fsp3) is 0.118. The lowest BCUT2D eigenvalue weighted by molar-refractivity contribution is -0.113. The molecule has 0 fully saturated rings. The second kappa shape index (κ2) is 6.66. The van der Waals surface area contributed by atoms with E-state index in [-0.39, 0.29) is 18.0 Å². The number of rotatable bonds is 5. The van der Waals surface area contributed by atoms with E-state index in [0.29, 0.717) is 11.1 Å². The van der Waals surface area contributed by atoms with Gasteiger partial charge in [0, 0.05) is 25.2 Å². The predicted molar refractivity (Wildman–Crippen MR) is 78.6 cm³/mol. The maximum Gasteiger partial charge on any atom is 0.169 e. The number of ketones is 1. The summed E-state index contributed by atoms with van der Waals surface area (Å²) >= 11 is 0. The maximum absolute atomic E-state index is 13.6. The average Bonchev–Trinajstić information content (AvgIpc) is 2.48. The molecule has 2 aromatic rings. The minimum absolute atomic E-state index is 0.0507. The van der Waals surface area contributed by atoms with Crippen LogP contribution in [0.2, 0.25) is 0 Å². The fourth-order valence-corrected chi connectivity index (χ4v) is 2.00. The summed E-state index contributed by atoms with van der Waals surface area (Å²) in [6.07, 6.45) is 1.70. The minimum Gasteiger partial charge on any atom is -0.393 e. The van der Waals surface area contributed by atoms with Gasteiger partial charge in [-0.2, -0.15) is 0 Å². The molecule has 2 nitrogen and oxygen atoms in total. The Bertz CT molecular complexity index is 620. The van der Waals surface area contributed by atoms with E-state index in [4.69, 9.17) is 0 Å². The molecule has 0 amide bonds. The zero-order valence-corrected chi connectivity index (χ0v) is 11.3. The molecule has 0 atom stereocenters. The Morgan fingerprint density at radius 2 is 1.75 bits per heavy atom. The van der Waals surface area contributed by atoms with Crippen molar-refractivity contribution in [2.75, 3.05) is 7.05 Å². The molecular formula is C17H16FNO. The Morgan fingerprint density at radius 1 is 1.10 bits per heavy atom. The number of halogens is 1. The van der Waals surface area contributed by atoms with Gasteiger partial charge in [-0.15, -0.1) is 0 Å². The molecule has 1 N–H and O–H groups in total. The van der Waals surface area contributed by atoms with Crippen LogP contribution in [0.1, 0.15) is 11.1 Å². The lowest BCUT2D eigenvalue weighted by atomic mass is 9.97. The van der Waals surface area contributed by atoms with Crippen LogP contribution in [0.5, 0.6) is 0 Å². The molecule has 3 heteroatoms. The summed E-state index contributed by atoms with van der Waals surface area (Å²) in [7, 11) is 1.74. The van der Waals surface area contributed by atoms with Crippen LogP contribution in [0.4, 0.5) is 4.39 Å². The van der Waals surface area contributed by atoms with Crippen molar-refractivity contribution in [2.24, 2.45) is 0 Å². The van der Waals surface area contributed by atoms with E-state index >= 15 is 0 Å². The molecule has 0 unspecified atom stereocenters. The van der Waals surface area contributed by atoms with Crippen LogP contribution in [0.25, 0.3) is 5.57 Å². The average molecular weight is 269 g/mol. The van der Waals surface area contributed by atoms with Gasteiger partial charge in [-0.25, -0.2) is 4.39 Å². The van der Waals surface area contributed by atoms with Crippen molar-refractivity contribution in [1.29, 1.82) is 0 Å². The van der Waals surface area contributed by atoms with Gasteiger partial charge in [0.25, 0.3) is 0 Å². The Morgan fingerprint density at radius 3 is 2.40 bits per heavy atom. The molecule has 102 valence electrons. The van der Waals surface area contributed by atoms with Crippen molar-refractivity contribution in [1.82, 2.24) is 5.32 Å². The lowest BCUT2D eigenvalue weighted by Gasteiger charge is -2.08. The molecule has 0 bridgehead atoms. The Kier molecular flexibility index (Phi) is 4.66.